The van der Waals surface area contributed by atoms with Crippen LogP contribution < -0.4 is 15.8 Å². The molecule has 2 rings (SSSR count). The third kappa shape index (κ3) is 4.83. The standard InChI is InChI=1S/C19H24N2O2/c1-14(2)18(15-6-4-3-5-7-15)19(22)21-16-8-10-17(11-9-16)23-13-12-20/h3-11,14,18H,12-13,20H2,1-2H3,(H,21,22). The minimum atomic E-state index is -0.177. The smallest absolute Gasteiger partial charge is 0.232 e. The molecular formula is C19H24N2O2. The molecule has 0 heterocycles. The molecule has 23 heavy (non-hydrogen) atoms. The summed E-state index contributed by atoms with van der Waals surface area (Å²) in [5, 5.41) is 2.99. The first-order chi connectivity index (χ1) is 11.1. The van der Waals surface area contributed by atoms with Gasteiger partial charge in [0.15, 0.2) is 0 Å². The number of hydrogen-bond donors (Lipinski definition) is 2. The van der Waals surface area contributed by atoms with Gasteiger partial charge in [0, 0.05) is 12.2 Å². The van der Waals surface area contributed by atoms with Crippen LogP contribution in [0.4, 0.5) is 5.69 Å². The highest BCUT2D eigenvalue weighted by atomic mass is 16.5. The molecule has 0 radical (unpaired) electrons. The van der Waals surface area contributed by atoms with Gasteiger partial charge in [-0.25, -0.2) is 0 Å². The van der Waals surface area contributed by atoms with Gasteiger partial charge in [0.05, 0.1) is 5.92 Å². The van der Waals surface area contributed by atoms with Crippen LogP contribution in [0.2, 0.25) is 0 Å². The van der Waals surface area contributed by atoms with Gasteiger partial charge < -0.3 is 15.8 Å². The molecule has 0 saturated heterocycles. The van der Waals surface area contributed by atoms with Crippen LogP contribution in [0.5, 0.6) is 5.75 Å². The number of ether oxygens (including phenoxy) is 1. The van der Waals surface area contributed by atoms with E-state index in [1.54, 1.807) is 0 Å². The zero-order valence-electron chi connectivity index (χ0n) is 13.7. The molecule has 0 fully saturated rings. The minimum absolute atomic E-state index is 0.00169. The lowest BCUT2D eigenvalue weighted by Gasteiger charge is -2.21. The zero-order valence-corrected chi connectivity index (χ0v) is 13.7. The highest BCUT2D eigenvalue weighted by Gasteiger charge is 2.23. The molecule has 122 valence electrons. The SMILES string of the molecule is CC(C)C(C(=O)Nc1ccc(OCCN)cc1)c1ccccc1. The predicted octanol–water partition coefficient (Wildman–Crippen LogP) is 3.40. The Morgan fingerprint density at radius 3 is 2.30 bits per heavy atom. The Hall–Kier alpha value is -2.33. The number of nitrogens with one attached hydrogen (secondary N) is 1. The number of rotatable bonds is 7. The van der Waals surface area contributed by atoms with Crippen molar-refractivity contribution in [2.75, 3.05) is 18.5 Å². The van der Waals surface area contributed by atoms with Crippen LogP contribution in [0.1, 0.15) is 25.3 Å². The number of nitrogens with two attached hydrogens (primary N) is 1. The van der Waals surface area contributed by atoms with Gasteiger partial charge in [-0.1, -0.05) is 44.2 Å². The Balaban J connectivity index is 2.07. The fraction of sp³-hybridized carbons (Fsp3) is 0.316. The van der Waals surface area contributed by atoms with Crippen molar-refractivity contribution in [1.29, 1.82) is 0 Å². The van der Waals surface area contributed by atoms with Crippen LogP contribution in [-0.4, -0.2) is 19.1 Å². The molecule has 3 N–H and O–H groups in total. The lowest BCUT2D eigenvalue weighted by molar-refractivity contribution is -0.118. The molecule has 0 bridgehead atoms. The van der Waals surface area contributed by atoms with Crippen LogP contribution in [0.3, 0.4) is 0 Å². The molecule has 1 unspecified atom stereocenters. The Kier molecular flexibility index (Phi) is 6.18. The van der Waals surface area contributed by atoms with Gasteiger partial charge in [0.1, 0.15) is 12.4 Å². The van der Waals surface area contributed by atoms with Crippen LogP contribution in [0.25, 0.3) is 0 Å². The van der Waals surface area contributed by atoms with Gasteiger partial charge >= 0.3 is 0 Å². The van der Waals surface area contributed by atoms with Crippen LogP contribution in [0.15, 0.2) is 54.6 Å². The van der Waals surface area contributed by atoms with Crippen molar-refractivity contribution in [3.8, 4) is 5.75 Å². The second-order valence-corrected chi connectivity index (χ2v) is 5.78. The Morgan fingerprint density at radius 2 is 1.74 bits per heavy atom. The van der Waals surface area contributed by atoms with E-state index in [0.717, 1.165) is 17.0 Å². The summed E-state index contributed by atoms with van der Waals surface area (Å²) < 4.78 is 5.43. The molecule has 0 aliphatic rings. The van der Waals surface area contributed by atoms with Crippen molar-refractivity contribution in [3.63, 3.8) is 0 Å². The average Bonchev–Trinajstić information content (AvgIpc) is 2.55. The molecule has 0 saturated carbocycles. The van der Waals surface area contributed by atoms with Gasteiger partial charge in [-0.3, -0.25) is 4.79 Å². The fourth-order valence-corrected chi connectivity index (χ4v) is 2.53. The number of hydrogen-bond acceptors (Lipinski definition) is 3. The topological polar surface area (TPSA) is 64.3 Å². The van der Waals surface area contributed by atoms with Crippen molar-refractivity contribution in [2.24, 2.45) is 11.7 Å². The van der Waals surface area contributed by atoms with Gasteiger partial charge in [-0.05, 0) is 35.7 Å². The van der Waals surface area contributed by atoms with E-state index in [0.29, 0.717) is 13.2 Å². The maximum atomic E-state index is 12.7. The molecule has 2 aromatic carbocycles. The summed E-state index contributed by atoms with van der Waals surface area (Å²) in [5.41, 5.74) is 7.20. The quantitative estimate of drug-likeness (QED) is 0.823. The number of carbonyl (C=O) groups is 1. The molecule has 1 atom stereocenters. The molecule has 4 nitrogen and oxygen atoms in total. The van der Waals surface area contributed by atoms with E-state index in [1.165, 1.54) is 0 Å². The largest absolute Gasteiger partial charge is 0.492 e. The van der Waals surface area contributed by atoms with Crippen molar-refractivity contribution in [3.05, 3.63) is 60.2 Å². The molecule has 4 heteroatoms. The molecule has 0 aliphatic heterocycles. The third-order valence-electron chi connectivity index (χ3n) is 3.62. The summed E-state index contributed by atoms with van der Waals surface area (Å²) in [4.78, 5) is 12.7. The van der Waals surface area contributed by atoms with E-state index < -0.39 is 0 Å². The minimum Gasteiger partial charge on any atom is -0.492 e. The molecule has 1 amide bonds. The van der Waals surface area contributed by atoms with E-state index in [2.05, 4.69) is 19.2 Å². The molecule has 0 aromatic heterocycles. The fourth-order valence-electron chi connectivity index (χ4n) is 2.53. The third-order valence-corrected chi connectivity index (χ3v) is 3.62. The Bertz CT molecular complexity index is 609. The summed E-state index contributed by atoms with van der Waals surface area (Å²) >= 11 is 0. The van der Waals surface area contributed by atoms with Gasteiger partial charge in [0.25, 0.3) is 0 Å². The average molecular weight is 312 g/mol. The summed E-state index contributed by atoms with van der Waals surface area (Å²) in [6.45, 7) is 5.07. The lowest BCUT2D eigenvalue weighted by atomic mass is 9.87. The maximum absolute atomic E-state index is 12.7. The lowest BCUT2D eigenvalue weighted by Crippen LogP contribution is -2.25. The van der Waals surface area contributed by atoms with Gasteiger partial charge in [-0.15, -0.1) is 0 Å². The molecule has 2 aromatic rings. The summed E-state index contributed by atoms with van der Waals surface area (Å²) in [6.07, 6.45) is 0. The van der Waals surface area contributed by atoms with Crippen molar-refractivity contribution in [1.82, 2.24) is 0 Å². The van der Waals surface area contributed by atoms with Gasteiger partial charge in [-0.2, -0.15) is 0 Å². The number of amides is 1. The van der Waals surface area contributed by atoms with Gasteiger partial charge in [0.2, 0.25) is 5.91 Å². The van der Waals surface area contributed by atoms with Crippen molar-refractivity contribution in [2.45, 2.75) is 19.8 Å². The highest BCUT2D eigenvalue weighted by Crippen LogP contribution is 2.26. The monoisotopic (exact) mass is 312 g/mol. The summed E-state index contributed by atoms with van der Waals surface area (Å²) in [7, 11) is 0. The Morgan fingerprint density at radius 1 is 1.09 bits per heavy atom. The van der Waals surface area contributed by atoms with E-state index in [-0.39, 0.29) is 17.7 Å². The molecule has 0 aliphatic carbocycles. The second kappa shape index (κ2) is 8.34. The maximum Gasteiger partial charge on any atom is 0.232 e. The number of benzene rings is 2. The zero-order chi connectivity index (χ0) is 16.7. The van der Waals surface area contributed by atoms with Crippen molar-refractivity contribution < 1.29 is 9.53 Å². The first-order valence-electron chi connectivity index (χ1n) is 7.90. The summed E-state index contributed by atoms with van der Waals surface area (Å²) in [5.74, 6) is 0.785. The second-order valence-electron chi connectivity index (χ2n) is 5.78. The first-order valence-corrected chi connectivity index (χ1v) is 7.90. The summed E-state index contributed by atoms with van der Waals surface area (Å²) in [6, 6.07) is 17.2. The Labute approximate surface area is 137 Å². The number of anilines is 1. The van der Waals surface area contributed by atoms with Crippen LogP contribution in [0, 0.1) is 5.92 Å². The normalized spacial score (nSPS) is 12.0. The van der Waals surface area contributed by atoms with E-state index in [4.69, 9.17) is 10.5 Å². The van der Waals surface area contributed by atoms with E-state index in [9.17, 15) is 4.79 Å². The molecule has 0 spiro atoms. The van der Waals surface area contributed by atoms with Crippen molar-refractivity contribution >= 4 is 11.6 Å². The predicted molar refractivity (Wildman–Crippen MR) is 93.6 cm³/mol. The first kappa shape index (κ1) is 17.0. The van der Waals surface area contributed by atoms with Crippen LogP contribution in [-0.2, 0) is 4.79 Å². The highest BCUT2D eigenvalue weighted by molar-refractivity contribution is 5.96. The number of carbonyl (C=O) groups excluding carboxylic acids is 1. The van der Waals surface area contributed by atoms with Crippen LogP contribution >= 0.6 is 0 Å². The van der Waals surface area contributed by atoms with E-state index >= 15 is 0 Å². The van der Waals surface area contributed by atoms with E-state index in [1.807, 2.05) is 54.6 Å². The molecular weight excluding hydrogens is 288 g/mol.